The van der Waals surface area contributed by atoms with Crippen LogP contribution in [0, 0.1) is 0 Å². The molecule has 0 saturated carbocycles. The van der Waals surface area contributed by atoms with E-state index in [2.05, 4.69) is 0 Å². The minimum atomic E-state index is -0.556. The van der Waals surface area contributed by atoms with Crippen LogP contribution < -0.4 is 14.2 Å². The van der Waals surface area contributed by atoms with E-state index in [0.29, 0.717) is 33.4 Å². The average Bonchev–Trinajstić information content (AvgIpc) is 2.65. The number of ether oxygens (including phenoxy) is 4. The van der Waals surface area contributed by atoms with E-state index in [0.717, 1.165) is 0 Å². The van der Waals surface area contributed by atoms with E-state index in [1.807, 2.05) is 0 Å². The predicted molar refractivity (Wildman–Crippen MR) is 96.5 cm³/mol. The highest BCUT2D eigenvalue weighted by atomic mass is 35.5. The highest BCUT2D eigenvalue weighted by Crippen LogP contribution is 2.38. The van der Waals surface area contributed by atoms with Crippen molar-refractivity contribution in [1.29, 1.82) is 0 Å². The molecule has 7 heteroatoms. The summed E-state index contributed by atoms with van der Waals surface area (Å²) in [7, 11) is 4.47. The van der Waals surface area contributed by atoms with Gasteiger partial charge in [0.2, 0.25) is 11.5 Å². The lowest BCUT2D eigenvalue weighted by Gasteiger charge is -2.14. The zero-order valence-electron chi connectivity index (χ0n) is 14.7. The number of hydrogen-bond donors (Lipinski definition) is 0. The van der Waals surface area contributed by atoms with Gasteiger partial charge in [-0.15, -0.1) is 0 Å². The van der Waals surface area contributed by atoms with Crippen molar-refractivity contribution in [3.05, 3.63) is 52.5 Å². The Hall–Kier alpha value is -2.73. The number of Topliss-reactive ketones (excluding diaryl/α,β-unsaturated/α-hetero) is 1. The number of hydrogen-bond acceptors (Lipinski definition) is 6. The normalized spacial score (nSPS) is 10.2. The number of methoxy groups -OCH3 is 3. The molecule has 0 aliphatic heterocycles. The number of halogens is 1. The van der Waals surface area contributed by atoms with E-state index >= 15 is 0 Å². The first-order chi connectivity index (χ1) is 12.5. The van der Waals surface area contributed by atoms with Crippen LogP contribution in [0.3, 0.4) is 0 Å². The SMILES string of the molecule is COc1cc(CC(=O)OCC(=O)c2ccccc2Cl)cc(OC)c1OC. The molecular formula is C19H19ClO6. The van der Waals surface area contributed by atoms with Crippen LogP contribution in [-0.2, 0) is 16.0 Å². The Morgan fingerprint density at radius 2 is 1.58 bits per heavy atom. The second kappa shape index (κ2) is 9.10. The summed E-state index contributed by atoms with van der Waals surface area (Å²) in [6, 6.07) is 9.90. The first-order valence-electron chi connectivity index (χ1n) is 7.72. The van der Waals surface area contributed by atoms with Crippen LogP contribution in [0.1, 0.15) is 15.9 Å². The number of esters is 1. The number of rotatable bonds is 8. The van der Waals surface area contributed by atoms with Crippen molar-refractivity contribution < 1.29 is 28.5 Å². The molecule has 0 radical (unpaired) electrons. The summed E-state index contributed by atoms with van der Waals surface area (Å²) >= 11 is 5.96. The maximum Gasteiger partial charge on any atom is 0.310 e. The van der Waals surface area contributed by atoms with Crippen LogP contribution in [0.15, 0.2) is 36.4 Å². The van der Waals surface area contributed by atoms with Gasteiger partial charge in [-0.1, -0.05) is 23.7 Å². The van der Waals surface area contributed by atoms with Gasteiger partial charge in [-0.25, -0.2) is 0 Å². The van der Waals surface area contributed by atoms with Gasteiger partial charge in [0.1, 0.15) is 0 Å². The number of benzene rings is 2. The molecule has 138 valence electrons. The van der Waals surface area contributed by atoms with Crippen molar-refractivity contribution >= 4 is 23.4 Å². The maximum absolute atomic E-state index is 12.1. The molecule has 0 aliphatic carbocycles. The van der Waals surface area contributed by atoms with E-state index in [1.54, 1.807) is 36.4 Å². The van der Waals surface area contributed by atoms with Crippen LogP contribution in [-0.4, -0.2) is 39.7 Å². The Kier molecular flexibility index (Phi) is 6.86. The van der Waals surface area contributed by atoms with E-state index in [-0.39, 0.29) is 18.8 Å². The molecule has 0 bridgehead atoms. The molecule has 0 atom stereocenters. The van der Waals surface area contributed by atoms with Crippen LogP contribution in [0.25, 0.3) is 0 Å². The van der Waals surface area contributed by atoms with Crippen LogP contribution in [0.2, 0.25) is 5.02 Å². The molecule has 0 N–H and O–H groups in total. The molecule has 0 aromatic heterocycles. The minimum absolute atomic E-state index is 0.0491. The van der Waals surface area contributed by atoms with E-state index in [9.17, 15) is 9.59 Å². The van der Waals surface area contributed by atoms with E-state index in [1.165, 1.54) is 21.3 Å². The van der Waals surface area contributed by atoms with E-state index < -0.39 is 5.97 Å². The smallest absolute Gasteiger partial charge is 0.310 e. The van der Waals surface area contributed by atoms with Crippen LogP contribution in [0.4, 0.5) is 0 Å². The standard InChI is InChI=1S/C19H19ClO6/c1-23-16-8-12(9-17(24-2)19(16)25-3)10-18(22)26-11-15(21)13-6-4-5-7-14(13)20/h4-9H,10-11H2,1-3H3. The quantitative estimate of drug-likeness (QED) is 0.518. The number of carbonyl (C=O) groups excluding carboxylic acids is 2. The fourth-order valence-corrected chi connectivity index (χ4v) is 2.61. The lowest BCUT2D eigenvalue weighted by molar-refractivity contribution is -0.141. The highest BCUT2D eigenvalue weighted by Gasteiger charge is 2.17. The van der Waals surface area contributed by atoms with Gasteiger partial charge >= 0.3 is 5.97 Å². The van der Waals surface area contributed by atoms with Gasteiger partial charge in [0, 0.05) is 5.56 Å². The minimum Gasteiger partial charge on any atom is -0.493 e. The Bertz CT molecular complexity index is 777. The van der Waals surface area contributed by atoms with Gasteiger partial charge < -0.3 is 18.9 Å². The van der Waals surface area contributed by atoms with E-state index in [4.69, 9.17) is 30.5 Å². The van der Waals surface area contributed by atoms with Crippen molar-refractivity contribution in [2.75, 3.05) is 27.9 Å². The predicted octanol–water partition coefficient (Wildman–Crippen LogP) is 3.33. The Morgan fingerprint density at radius 3 is 2.12 bits per heavy atom. The summed E-state index contributed by atoms with van der Waals surface area (Å²) in [4.78, 5) is 24.2. The second-order valence-electron chi connectivity index (χ2n) is 5.27. The highest BCUT2D eigenvalue weighted by molar-refractivity contribution is 6.34. The molecule has 0 fully saturated rings. The third-order valence-electron chi connectivity index (χ3n) is 3.61. The first-order valence-corrected chi connectivity index (χ1v) is 8.10. The first kappa shape index (κ1) is 19.6. The fourth-order valence-electron chi connectivity index (χ4n) is 2.37. The third-order valence-corrected chi connectivity index (χ3v) is 3.94. The van der Waals surface area contributed by atoms with Crippen molar-refractivity contribution in [2.24, 2.45) is 0 Å². The lowest BCUT2D eigenvalue weighted by atomic mass is 10.1. The molecule has 0 heterocycles. The molecule has 0 unspecified atom stereocenters. The topological polar surface area (TPSA) is 71.1 Å². The fraction of sp³-hybridized carbons (Fsp3) is 0.263. The summed E-state index contributed by atoms with van der Waals surface area (Å²) in [5.74, 6) is 0.373. The Balaban J connectivity index is 2.04. The lowest BCUT2D eigenvalue weighted by Crippen LogP contribution is -2.16. The maximum atomic E-state index is 12.1. The van der Waals surface area contributed by atoms with Gasteiger partial charge in [-0.2, -0.15) is 0 Å². The molecule has 0 spiro atoms. The number of carbonyl (C=O) groups is 2. The van der Waals surface area contributed by atoms with Gasteiger partial charge in [-0.05, 0) is 29.8 Å². The molecule has 0 aliphatic rings. The summed E-state index contributed by atoms with van der Waals surface area (Å²) < 4.78 is 20.8. The molecule has 0 saturated heterocycles. The number of ketones is 1. The Labute approximate surface area is 156 Å². The van der Waals surface area contributed by atoms with Crippen LogP contribution in [0.5, 0.6) is 17.2 Å². The molecule has 0 amide bonds. The monoisotopic (exact) mass is 378 g/mol. The molecule has 2 aromatic rings. The average molecular weight is 379 g/mol. The summed E-state index contributed by atoms with van der Waals surface area (Å²) in [5, 5.41) is 0.318. The van der Waals surface area contributed by atoms with Crippen molar-refractivity contribution in [1.82, 2.24) is 0 Å². The molecule has 2 rings (SSSR count). The molecule has 6 nitrogen and oxygen atoms in total. The zero-order valence-corrected chi connectivity index (χ0v) is 15.5. The molecular weight excluding hydrogens is 360 g/mol. The van der Waals surface area contributed by atoms with Gasteiger partial charge in [0.25, 0.3) is 0 Å². The van der Waals surface area contributed by atoms with Crippen molar-refractivity contribution in [3.63, 3.8) is 0 Å². The van der Waals surface area contributed by atoms with Gasteiger partial charge in [0.15, 0.2) is 18.1 Å². The van der Waals surface area contributed by atoms with Crippen molar-refractivity contribution in [2.45, 2.75) is 6.42 Å². The van der Waals surface area contributed by atoms with Crippen molar-refractivity contribution in [3.8, 4) is 17.2 Å². The molecule has 2 aromatic carbocycles. The van der Waals surface area contributed by atoms with Crippen LogP contribution >= 0.6 is 11.6 Å². The summed E-state index contributed by atoms with van der Waals surface area (Å²) in [5.41, 5.74) is 0.921. The second-order valence-corrected chi connectivity index (χ2v) is 5.68. The third kappa shape index (κ3) is 4.67. The Morgan fingerprint density at radius 1 is 0.962 bits per heavy atom. The molecule has 26 heavy (non-hydrogen) atoms. The largest absolute Gasteiger partial charge is 0.493 e. The summed E-state index contributed by atoms with van der Waals surface area (Å²) in [6.45, 7) is -0.382. The zero-order chi connectivity index (χ0) is 19.1. The van der Waals surface area contributed by atoms with Gasteiger partial charge in [-0.3, -0.25) is 9.59 Å². The van der Waals surface area contributed by atoms with Gasteiger partial charge in [0.05, 0.1) is 32.8 Å². The summed E-state index contributed by atoms with van der Waals surface area (Å²) in [6.07, 6.45) is -0.0491.